The lowest BCUT2D eigenvalue weighted by Gasteiger charge is -2.11. The van der Waals surface area contributed by atoms with Gasteiger partial charge in [0.1, 0.15) is 12.4 Å². The summed E-state index contributed by atoms with van der Waals surface area (Å²) in [6, 6.07) is 9.32. The summed E-state index contributed by atoms with van der Waals surface area (Å²) in [7, 11) is 0. The van der Waals surface area contributed by atoms with E-state index in [1.165, 1.54) is 0 Å². The topological polar surface area (TPSA) is 55.8 Å². The van der Waals surface area contributed by atoms with Crippen molar-refractivity contribution < 1.29 is 19.4 Å². The first-order valence-electron chi connectivity index (χ1n) is 5.37. The van der Waals surface area contributed by atoms with E-state index in [9.17, 15) is 9.90 Å². The van der Waals surface area contributed by atoms with Crippen LogP contribution in [0.4, 0.5) is 0 Å². The Hall–Kier alpha value is -1.81. The molecule has 0 aromatic heterocycles. The number of rotatable bonds is 7. The van der Waals surface area contributed by atoms with Crippen LogP contribution in [-0.4, -0.2) is 30.4 Å². The molecule has 17 heavy (non-hydrogen) atoms. The molecule has 0 radical (unpaired) electrons. The third-order valence-electron chi connectivity index (χ3n) is 2.05. The second-order valence-electron chi connectivity index (χ2n) is 3.44. The van der Waals surface area contributed by atoms with Crippen LogP contribution in [0.3, 0.4) is 0 Å². The summed E-state index contributed by atoms with van der Waals surface area (Å²) in [5.41, 5.74) is 0. The van der Waals surface area contributed by atoms with Crippen LogP contribution in [0.2, 0.25) is 0 Å². The number of carbonyl (C=O) groups excluding carboxylic acids is 1. The van der Waals surface area contributed by atoms with Gasteiger partial charge in [-0.3, -0.25) is 0 Å². The normalized spacial score (nSPS) is 11.6. The van der Waals surface area contributed by atoms with E-state index in [2.05, 4.69) is 6.58 Å². The minimum Gasteiger partial charge on any atom is -0.493 e. The highest BCUT2D eigenvalue weighted by atomic mass is 16.5. The molecule has 92 valence electrons. The van der Waals surface area contributed by atoms with Crippen LogP contribution in [-0.2, 0) is 9.53 Å². The fourth-order valence-corrected chi connectivity index (χ4v) is 1.15. The molecule has 0 amide bonds. The van der Waals surface area contributed by atoms with Gasteiger partial charge in [-0.2, -0.15) is 0 Å². The van der Waals surface area contributed by atoms with Gasteiger partial charge >= 0.3 is 5.97 Å². The number of hydrogen-bond donors (Lipinski definition) is 1. The lowest BCUT2D eigenvalue weighted by atomic mass is 10.3. The summed E-state index contributed by atoms with van der Waals surface area (Å²) >= 11 is 0. The van der Waals surface area contributed by atoms with E-state index in [1.807, 2.05) is 30.3 Å². The average Bonchev–Trinajstić information content (AvgIpc) is 2.37. The van der Waals surface area contributed by atoms with Crippen LogP contribution in [0.5, 0.6) is 5.75 Å². The van der Waals surface area contributed by atoms with E-state index >= 15 is 0 Å². The standard InChI is InChI=1S/C13H16O4/c1-2-13(15)17-10-11(14)8-9-16-12-6-4-3-5-7-12/h2-7,11,14H,1,8-10H2. The highest BCUT2D eigenvalue weighted by Crippen LogP contribution is 2.08. The van der Waals surface area contributed by atoms with Crippen molar-refractivity contribution in [2.45, 2.75) is 12.5 Å². The number of hydrogen-bond acceptors (Lipinski definition) is 4. The summed E-state index contributed by atoms with van der Waals surface area (Å²) in [5, 5.41) is 9.48. The van der Waals surface area contributed by atoms with Crippen molar-refractivity contribution in [1.82, 2.24) is 0 Å². The number of benzene rings is 1. The molecule has 0 fully saturated rings. The van der Waals surface area contributed by atoms with Gasteiger partial charge < -0.3 is 14.6 Å². The van der Waals surface area contributed by atoms with Crippen LogP contribution in [0.15, 0.2) is 43.0 Å². The Morgan fingerprint density at radius 1 is 1.41 bits per heavy atom. The molecule has 0 bridgehead atoms. The number of aliphatic hydroxyl groups excluding tert-OH is 1. The van der Waals surface area contributed by atoms with Crippen LogP contribution < -0.4 is 4.74 Å². The molecule has 0 aliphatic heterocycles. The van der Waals surface area contributed by atoms with Crippen molar-refractivity contribution in [1.29, 1.82) is 0 Å². The predicted molar refractivity (Wildman–Crippen MR) is 63.7 cm³/mol. The zero-order chi connectivity index (χ0) is 12.5. The smallest absolute Gasteiger partial charge is 0.330 e. The molecule has 1 N–H and O–H groups in total. The maximum atomic E-state index is 10.7. The zero-order valence-electron chi connectivity index (χ0n) is 9.54. The molecule has 1 atom stereocenters. The van der Waals surface area contributed by atoms with E-state index in [1.54, 1.807) is 0 Å². The molecule has 1 aromatic carbocycles. The quantitative estimate of drug-likeness (QED) is 0.576. The maximum Gasteiger partial charge on any atom is 0.330 e. The Bertz CT molecular complexity index is 348. The Morgan fingerprint density at radius 2 is 2.12 bits per heavy atom. The van der Waals surface area contributed by atoms with Gasteiger partial charge in [-0.15, -0.1) is 0 Å². The van der Waals surface area contributed by atoms with Gasteiger partial charge in [0.05, 0.1) is 12.7 Å². The molecule has 0 saturated heterocycles. The van der Waals surface area contributed by atoms with E-state index < -0.39 is 12.1 Å². The fourth-order valence-electron chi connectivity index (χ4n) is 1.15. The predicted octanol–water partition coefficient (Wildman–Crippen LogP) is 1.55. The Morgan fingerprint density at radius 3 is 2.76 bits per heavy atom. The Labute approximate surface area is 100 Å². The summed E-state index contributed by atoms with van der Waals surface area (Å²) < 4.78 is 10.1. The van der Waals surface area contributed by atoms with Crippen LogP contribution in [0.1, 0.15) is 6.42 Å². The third kappa shape index (κ3) is 5.73. The number of carbonyl (C=O) groups is 1. The van der Waals surface area contributed by atoms with Gasteiger partial charge in [-0.1, -0.05) is 24.8 Å². The minimum absolute atomic E-state index is 0.0387. The van der Waals surface area contributed by atoms with Crippen molar-refractivity contribution in [2.75, 3.05) is 13.2 Å². The largest absolute Gasteiger partial charge is 0.493 e. The second kappa shape index (κ2) is 7.46. The van der Waals surface area contributed by atoms with Gasteiger partial charge in [-0.05, 0) is 12.1 Å². The highest BCUT2D eigenvalue weighted by molar-refractivity contribution is 5.81. The van der Waals surface area contributed by atoms with E-state index in [4.69, 9.17) is 9.47 Å². The fraction of sp³-hybridized carbons (Fsp3) is 0.308. The molecule has 1 unspecified atom stereocenters. The second-order valence-corrected chi connectivity index (χ2v) is 3.44. The van der Waals surface area contributed by atoms with Crippen molar-refractivity contribution in [3.63, 3.8) is 0 Å². The molecular weight excluding hydrogens is 220 g/mol. The summed E-state index contributed by atoms with van der Waals surface area (Å²) in [5.74, 6) is 0.218. The molecule has 0 aliphatic carbocycles. The zero-order valence-corrected chi connectivity index (χ0v) is 9.54. The molecule has 1 aromatic rings. The lowest BCUT2D eigenvalue weighted by Crippen LogP contribution is -2.20. The summed E-state index contributed by atoms with van der Waals surface area (Å²) in [6.07, 6.45) is 0.745. The van der Waals surface area contributed by atoms with E-state index in [-0.39, 0.29) is 6.61 Å². The third-order valence-corrected chi connectivity index (χ3v) is 2.05. The van der Waals surface area contributed by atoms with Gasteiger partial charge in [0, 0.05) is 12.5 Å². The molecule has 0 spiro atoms. The Balaban J connectivity index is 2.14. The van der Waals surface area contributed by atoms with Gasteiger partial charge in [-0.25, -0.2) is 4.79 Å². The molecule has 4 nitrogen and oxygen atoms in total. The maximum absolute atomic E-state index is 10.7. The first kappa shape index (κ1) is 13.3. The van der Waals surface area contributed by atoms with Gasteiger partial charge in [0.15, 0.2) is 0 Å². The summed E-state index contributed by atoms with van der Waals surface area (Å²) in [4.78, 5) is 10.7. The molecule has 0 saturated carbocycles. The first-order valence-corrected chi connectivity index (χ1v) is 5.37. The van der Waals surface area contributed by atoms with Crippen molar-refractivity contribution in [2.24, 2.45) is 0 Å². The van der Waals surface area contributed by atoms with E-state index in [0.717, 1.165) is 11.8 Å². The summed E-state index contributed by atoms with van der Waals surface area (Å²) in [6.45, 7) is 3.59. The first-order chi connectivity index (χ1) is 8.22. The molecule has 0 aliphatic rings. The van der Waals surface area contributed by atoms with Crippen LogP contribution >= 0.6 is 0 Å². The van der Waals surface area contributed by atoms with Gasteiger partial charge in [0.2, 0.25) is 0 Å². The number of ether oxygens (including phenoxy) is 2. The molecule has 4 heteroatoms. The Kier molecular flexibility index (Phi) is 5.82. The lowest BCUT2D eigenvalue weighted by molar-refractivity contribution is -0.140. The number of esters is 1. The van der Waals surface area contributed by atoms with Crippen LogP contribution in [0, 0.1) is 0 Å². The molecular formula is C13H16O4. The van der Waals surface area contributed by atoms with Crippen molar-refractivity contribution in [3.8, 4) is 5.75 Å². The van der Waals surface area contributed by atoms with Gasteiger partial charge in [0.25, 0.3) is 0 Å². The number of aliphatic hydroxyl groups is 1. The number of para-hydroxylation sites is 1. The van der Waals surface area contributed by atoms with Crippen molar-refractivity contribution >= 4 is 5.97 Å². The minimum atomic E-state index is -0.720. The SMILES string of the molecule is C=CC(=O)OCC(O)CCOc1ccccc1. The average molecular weight is 236 g/mol. The molecule has 0 heterocycles. The van der Waals surface area contributed by atoms with Crippen LogP contribution in [0.25, 0.3) is 0 Å². The molecule has 1 rings (SSSR count). The monoisotopic (exact) mass is 236 g/mol. The van der Waals surface area contributed by atoms with Crippen molar-refractivity contribution in [3.05, 3.63) is 43.0 Å². The highest BCUT2D eigenvalue weighted by Gasteiger charge is 2.06. The van der Waals surface area contributed by atoms with E-state index in [0.29, 0.717) is 13.0 Å².